The number of imidazole rings is 1. The first-order valence-electron chi connectivity index (χ1n) is 8.81. The van der Waals surface area contributed by atoms with Crippen LogP contribution >= 0.6 is 0 Å². The molecule has 0 atom stereocenters. The average Bonchev–Trinajstić information content (AvgIpc) is 3.29. The monoisotopic (exact) mass is 344 g/mol. The van der Waals surface area contributed by atoms with E-state index in [-0.39, 0.29) is 11.5 Å². The highest BCUT2D eigenvalue weighted by Gasteiger charge is 2.41. The molecule has 25 heavy (non-hydrogen) atoms. The van der Waals surface area contributed by atoms with Gasteiger partial charge in [-0.05, 0) is 25.0 Å². The number of likely N-dealkylation sites (tertiary alicyclic amines) is 1. The molecule has 1 amide bonds. The molecule has 1 spiro atoms. The summed E-state index contributed by atoms with van der Waals surface area (Å²) in [6, 6.07) is 3.47. The molecule has 7 heteroatoms. The summed E-state index contributed by atoms with van der Waals surface area (Å²) in [6.07, 6.45) is 7.21. The van der Waals surface area contributed by atoms with Crippen molar-refractivity contribution in [1.29, 1.82) is 0 Å². The predicted molar refractivity (Wildman–Crippen MR) is 91.0 cm³/mol. The number of rotatable bonds is 3. The van der Waals surface area contributed by atoms with Gasteiger partial charge in [0.05, 0.1) is 31.6 Å². The minimum absolute atomic E-state index is 0.0388. The van der Waals surface area contributed by atoms with E-state index in [0.29, 0.717) is 25.5 Å². The molecule has 0 unspecified atom stereocenters. The van der Waals surface area contributed by atoms with Crippen molar-refractivity contribution in [2.45, 2.75) is 25.0 Å². The molecule has 2 fully saturated rings. The molecular formula is C18H24N4O3. The van der Waals surface area contributed by atoms with Crippen molar-refractivity contribution in [2.24, 2.45) is 7.05 Å². The summed E-state index contributed by atoms with van der Waals surface area (Å²) >= 11 is 0. The van der Waals surface area contributed by atoms with Gasteiger partial charge in [-0.1, -0.05) is 0 Å². The maximum absolute atomic E-state index is 12.6. The molecule has 2 aromatic heterocycles. The quantitative estimate of drug-likeness (QED) is 0.845. The third-order valence-corrected chi connectivity index (χ3v) is 5.32. The van der Waals surface area contributed by atoms with E-state index in [1.54, 1.807) is 18.4 Å². The van der Waals surface area contributed by atoms with Gasteiger partial charge in [0.2, 0.25) is 0 Å². The number of carbonyl (C=O) groups excluding carboxylic acids is 1. The van der Waals surface area contributed by atoms with E-state index < -0.39 is 0 Å². The van der Waals surface area contributed by atoms with E-state index in [1.807, 2.05) is 24.3 Å². The lowest BCUT2D eigenvalue weighted by molar-refractivity contribution is -0.128. The zero-order chi connectivity index (χ0) is 17.3. The number of aromatic nitrogens is 2. The van der Waals surface area contributed by atoms with Gasteiger partial charge in [0.25, 0.3) is 5.91 Å². The average molecular weight is 344 g/mol. The van der Waals surface area contributed by atoms with E-state index >= 15 is 0 Å². The predicted octanol–water partition coefficient (Wildman–Crippen LogP) is 1.52. The molecule has 7 nitrogen and oxygen atoms in total. The fourth-order valence-corrected chi connectivity index (χ4v) is 3.74. The van der Waals surface area contributed by atoms with Crippen LogP contribution in [-0.4, -0.2) is 63.6 Å². The largest absolute Gasteiger partial charge is 0.459 e. The number of furan rings is 1. The Balaban J connectivity index is 1.37. The molecule has 2 aromatic rings. The number of amides is 1. The van der Waals surface area contributed by atoms with Crippen LogP contribution < -0.4 is 0 Å². The topological polar surface area (TPSA) is 63.7 Å². The third-order valence-electron chi connectivity index (χ3n) is 5.32. The van der Waals surface area contributed by atoms with Gasteiger partial charge >= 0.3 is 0 Å². The van der Waals surface area contributed by atoms with Crippen LogP contribution in [0.5, 0.6) is 0 Å². The summed E-state index contributed by atoms with van der Waals surface area (Å²) in [4.78, 5) is 21.2. The highest BCUT2D eigenvalue weighted by Crippen LogP contribution is 2.31. The standard InChI is InChI=1S/C18H24N4O3/c1-20-9-6-19-16(20)13-21-7-4-18(5-8-21)14-22(10-12-25-18)17(23)15-3-2-11-24-15/h2-3,6,9,11H,4-5,7-8,10,12-14H2,1H3. The molecule has 134 valence electrons. The van der Waals surface area contributed by atoms with Crippen LogP contribution in [0.1, 0.15) is 29.2 Å². The van der Waals surface area contributed by atoms with Crippen molar-refractivity contribution in [3.8, 4) is 0 Å². The first kappa shape index (κ1) is 16.4. The Morgan fingerprint density at radius 2 is 2.16 bits per heavy atom. The molecule has 2 aliphatic rings. The Bertz CT molecular complexity index is 717. The maximum atomic E-state index is 12.6. The second-order valence-electron chi connectivity index (χ2n) is 6.97. The van der Waals surface area contributed by atoms with E-state index in [1.165, 1.54) is 0 Å². The van der Waals surface area contributed by atoms with Crippen molar-refractivity contribution in [1.82, 2.24) is 19.4 Å². The van der Waals surface area contributed by atoms with Gasteiger partial charge in [0, 0.05) is 39.1 Å². The third kappa shape index (κ3) is 3.34. The first-order valence-corrected chi connectivity index (χ1v) is 8.81. The molecule has 0 saturated carbocycles. The van der Waals surface area contributed by atoms with E-state index in [9.17, 15) is 4.79 Å². The molecule has 2 aliphatic heterocycles. The van der Waals surface area contributed by atoms with Crippen LogP contribution in [-0.2, 0) is 18.3 Å². The van der Waals surface area contributed by atoms with E-state index in [4.69, 9.17) is 9.15 Å². The van der Waals surface area contributed by atoms with Gasteiger partial charge in [-0.15, -0.1) is 0 Å². The Labute approximate surface area is 147 Å². The number of hydrogen-bond donors (Lipinski definition) is 0. The molecule has 0 aromatic carbocycles. The summed E-state index contributed by atoms with van der Waals surface area (Å²) in [5, 5.41) is 0. The Morgan fingerprint density at radius 1 is 1.32 bits per heavy atom. The number of morpholine rings is 1. The molecule has 0 radical (unpaired) electrons. The zero-order valence-electron chi connectivity index (χ0n) is 14.6. The minimum Gasteiger partial charge on any atom is -0.459 e. The summed E-state index contributed by atoms with van der Waals surface area (Å²) in [5.41, 5.74) is -0.224. The van der Waals surface area contributed by atoms with Crippen LogP contribution in [0.15, 0.2) is 35.2 Å². The Hall–Kier alpha value is -2.12. The number of carbonyl (C=O) groups is 1. The molecular weight excluding hydrogens is 320 g/mol. The fourth-order valence-electron chi connectivity index (χ4n) is 3.74. The highest BCUT2D eigenvalue weighted by molar-refractivity contribution is 5.91. The van der Waals surface area contributed by atoms with Gasteiger partial charge in [0.1, 0.15) is 5.82 Å². The van der Waals surface area contributed by atoms with E-state index in [0.717, 1.165) is 38.3 Å². The van der Waals surface area contributed by atoms with Crippen LogP contribution in [0, 0.1) is 0 Å². The van der Waals surface area contributed by atoms with Gasteiger partial charge in [-0.2, -0.15) is 0 Å². The summed E-state index contributed by atoms with van der Waals surface area (Å²) in [6.45, 7) is 4.62. The molecule has 0 N–H and O–H groups in total. The molecule has 4 heterocycles. The van der Waals surface area contributed by atoms with Crippen molar-refractivity contribution in [2.75, 3.05) is 32.8 Å². The van der Waals surface area contributed by atoms with Crippen molar-refractivity contribution < 1.29 is 13.9 Å². The first-order chi connectivity index (χ1) is 12.2. The Kier molecular flexibility index (Phi) is 4.35. The molecule has 2 saturated heterocycles. The second kappa shape index (κ2) is 6.65. The van der Waals surface area contributed by atoms with Crippen LogP contribution in [0.3, 0.4) is 0 Å². The van der Waals surface area contributed by atoms with Crippen molar-refractivity contribution >= 4 is 5.91 Å². The van der Waals surface area contributed by atoms with Gasteiger partial charge < -0.3 is 18.6 Å². The maximum Gasteiger partial charge on any atom is 0.289 e. The van der Waals surface area contributed by atoms with Gasteiger partial charge in [0.15, 0.2) is 5.76 Å². The lowest BCUT2D eigenvalue weighted by atomic mass is 9.89. The summed E-state index contributed by atoms with van der Waals surface area (Å²) in [7, 11) is 2.02. The molecule has 0 bridgehead atoms. The van der Waals surface area contributed by atoms with Crippen molar-refractivity contribution in [3.63, 3.8) is 0 Å². The lowest BCUT2D eigenvalue weighted by Crippen LogP contribution is -2.57. The highest BCUT2D eigenvalue weighted by atomic mass is 16.5. The number of piperidine rings is 1. The summed E-state index contributed by atoms with van der Waals surface area (Å²) in [5.74, 6) is 1.45. The fraction of sp³-hybridized carbons (Fsp3) is 0.556. The second-order valence-corrected chi connectivity index (χ2v) is 6.97. The van der Waals surface area contributed by atoms with Crippen LogP contribution in [0.25, 0.3) is 0 Å². The smallest absolute Gasteiger partial charge is 0.289 e. The minimum atomic E-state index is -0.224. The molecule has 0 aliphatic carbocycles. The number of aryl methyl sites for hydroxylation is 1. The van der Waals surface area contributed by atoms with Gasteiger partial charge in [-0.25, -0.2) is 4.98 Å². The van der Waals surface area contributed by atoms with Gasteiger partial charge in [-0.3, -0.25) is 9.69 Å². The van der Waals surface area contributed by atoms with E-state index in [2.05, 4.69) is 14.5 Å². The van der Waals surface area contributed by atoms with Crippen LogP contribution in [0.2, 0.25) is 0 Å². The molecule has 4 rings (SSSR count). The lowest BCUT2D eigenvalue weighted by Gasteiger charge is -2.47. The normalized spacial score (nSPS) is 20.9. The number of ether oxygens (including phenoxy) is 1. The number of hydrogen-bond acceptors (Lipinski definition) is 5. The number of nitrogens with zero attached hydrogens (tertiary/aromatic N) is 4. The summed E-state index contributed by atoms with van der Waals surface area (Å²) < 4.78 is 13.5. The SMILES string of the molecule is Cn1ccnc1CN1CCC2(CC1)CN(C(=O)c1ccco1)CCO2. The zero-order valence-corrected chi connectivity index (χ0v) is 14.6. The van der Waals surface area contributed by atoms with Crippen molar-refractivity contribution in [3.05, 3.63) is 42.4 Å². The van der Waals surface area contributed by atoms with Crippen LogP contribution in [0.4, 0.5) is 0 Å². The Morgan fingerprint density at radius 3 is 2.84 bits per heavy atom.